The van der Waals surface area contributed by atoms with Crippen LogP contribution in [0, 0.1) is 0 Å². The van der Waals surface area contributed by atoms with E-state index in [1.807, 2.05) is 28.0 Å². The number of benzene rings is 1. The third kappa shape index (κ3) is 3.26. The molecule has 0 aliphatic carbocycles. The zero-order valence-corrected chi connectivity index (χ0v) is 15.9. The predicted octanol–water partition coefficient (Wildman–Crippen LogP) is 3.18. The van der Waals surface area contributed by atoms with E-state index in [4.69, 9.17) is 4.74 Å². The summed E-state index contributed by atoms with van der Waals surface area (Å²) < 4.78 is 5.79. The van der Waals surface area contributed by atoms with Gasteiger partial charge < -0.3 is 19.5 Å². The monoisotopic (exact) mass is 370 g/mol. The molecule has 2 aliphatic rings. The molecule has 7 nitrogen and oxygen atoms in total. The van der Waals surface area contributed by atoms with Gasteiger partial charge in [0.15, 0.2) is 0 Å². The Morgan fingerprint density at radius 3 is 2.89 bits per heavy atom. The van der Waals surface area contributed by atoms with E-state index in [9.17, 15) is 9.59 Å². The highest BCUT2D eigenvalue weighted by atomic mass is 16.6. The Morgan fingerprint density at radius 2 is 2.15 bits per heavy atom. The van der Waals surface area contributed by atoms with E-state index in [0.29, 0.717) is 38.0 Å². The van der Waals surface area contributed by atoms with Crippen molar-refractivity contribution in [1.29, 1.82) is 0 Å². The average Bonchev–Trinajstić information content (AvgIpc) is 3.26. The molecule has 144 valence electrons. The fraction of sp³-hybridized carbons (Fsp3) is 0.550. The lowest BCUT2D eigenvalue weighted by Gasteiger charge is -2.37. The van der Waals surface area contributed by atoms with Gasteiger partial charge in [-0.15, -0.1) is 0 Å². The topological polar surface area (TPSA) is 78.5 Å². The molecule has 2 aliphatic heterocycles. The Kier molecular flexibility index (Phi) is 4.53. The number of nitrogens with one attached hydrogen (secondary N) is 1. The molecule has 1 atom stereocenters. The largest absolute Gasteiger partial charge is 0.441 e. The van der Waals surface area contributed by atoms with E-state index >= 15 is 0 Å². The summed E-state index contributed by atoms with van der Waals surface area (Å²) in [4.78, 5) is 36.1. The fourth-order valence-corrected chi connectivity index (χ4v) is 4.19. The molecule has 1 N–H and O–H groups in total. The summed E-state index contributed by atoms with van der Waals surface area (Å²) >= 11 is 0. The standard InChI is InChI=1S/C20H26N4O3/c1-3-4-14(2)24-12-20(27-19(24)26)7-9-23(10-8-20)18(25)15-5-6-16-17(11-15)22-13-21-16/h5-6,11,13-14H,3-4,7-10,12H2,1-2H3,(H,21,22)/t14-/m0/s1. The van der Waals surface area contributed by atoms with Crippen molar-refractivity contribution < 1.29 is 14.3 Å². The van der Waals surface area contributed by atoms with Crippen LogP contribution in [0.15, 0.2) is 24.5 Å². The Hall–Kier alpha value is -2.57. The third-order valence-electron chi connectivity index (χ3n) is 5.86. The molecule has 0 unspecified atom stereocenters. The van der Waals surface area contributed by atoms with Crippen molar-refractivity contribution in [3.8, 4) is 0 Å². The highest BCUT2D eigenvalue weighted by Gasteiger charge is 2.48. The normalized spacial score (nSPS) is 20.3. The van der Waals surface area contributed by atoms with Crippen LogP contribution in [0.25, 0.3) is 11.0 Å². The Labute approximate surface area is 158 Å². The number of rotatable bonds is 4. The Balaban J connectivity index is 1.41. The minimum atomic E-state index is -0.441. The number of nitrogens with zero attached hydrogens (tertiary/aromatic N) is 3. The molecular formula is C20H26N4O3. The summed E-state index contributed by atoms with van der Waals surface area (Å²) in [6.45, 7) is 6.04. The second kappa shape index (κ2) is 6.87. The molecule has 0 saturated carbocycles. The molecule has 0 radical (unpaired) electrons. The summed E-state index contributed by atoms with van der Waals surface area (Å²) in [7, 11) is 0. The maximum atomic E-state index is 12.9. The second-order valence-electron chi connectivity index (χ2n) is 7.74. The van der Waals surface area contributed by atoms with Crippen LogP contribution in [0.1, 0.15) is 49.9 Å². The summed E-state index contributed by atoms with van der Waals surface area (Å²) in [5.41, 5.74) is 1.93. The number of amides is 2. The van der Waals surface area contributed by atoms with Crippen molar-refractivity contribution >= 4 is 23.0 Å². The van der Waals surface area contributed by atoms with Crippen LogP contribution in [0.5, 0.6) is 0 Å². The average molecular weight is 370 g/mol. The van der Waals surface area contributed by atoms with E-state index in [1.165, 1.54) is 0 Å². The molecule has 1 spiro atoms. The summed E-state index contributed by atoms with van der Waals surface area (Å²) in [6.07, 6.45) is 4.81. The van der Waals surface area contributed by atoms with Gasteiger partial charge in [0.25, 0.3) is 5.91 Å². The van der Waals surface area contributed by atoms with E-state index in [-0.39, 0.29) is 18.0 Å². The van der Waals surface area contributed by atoms with Gasteiger partial charge >= 0.3 is 6.09 Å². The number of aromatic nitrogens is 2. The quantitative estimate of drug-likeness (QED) is 0.897. The Morgan fingerprint density at radius 1 is 1.37 bits per heavy atom. The number of hydrogen-bond acceptors (Lipinski definition) is 4. The molecule has 7 heteroatoms. The second-order valence-corrected chi connectivity index (χ2v) is 7.74. The van der Waals surface area contributed by atoms with Gasteiger partial charge in [-0.2, -0.15) is 0 Å². The first-order valence-electron chi connectivity index (χ1n) is 9.73. The van der Waals surface area contributed by atoms with Crippen molar-refractivity contribution in [2.24, 2.45) is 0 Å². The summed E-state index contributed by atoms with van der Waals surface area (Å²) in [5.74, 6) is 0.0156. The van der Waals surface area contributed by atoms with Gasteiger partial charge in [-0.3, -0.25) is 4.79 Å². The van der Waals surface area contributed by atoms with Crippen LogP contribution in [0.2, 0.25) is 0 Å². The molecule has 27 heavy (non-hydrogen) atoms. The van der Waals surface area contributed by atoms with Gasteiger partial charge in [0, 0.05) is 37.5 Å². The van der Waals surface area contributed by atoms with E-state index in [0.717, 1.165) is 23.9 Å². The van der Waals surface area contributed by atoms with Gasteiger partial charge in [-0.25, -0.2) is 9.78 Å². The first-order chi connectivity index (χ1) is 13.0. The Bertz CT molecular complexity index is 854. The molecule has 1 aromatic heterocycles. The number of carbonyl (C=O) groups excluding carboxylic acids is 2. The number of fused-ring (bicyclic) bond motifs is 1. The number of carbonyl (C=O) groups is 2. The van der Waals surface area contributed by atoms with E-state index in [1.54, 1.807) is 6.33 Å². The molecular weight excluding hydrogens is 344 g/mol. The molecule has 1 aromatic carbocycles. The van der Waals surface area contributed by atoms with Gasteiger partial charge in [0.1, 0.15) is 5.60 Å². The van der Waals surface area contributed by atoms with Gasteiger partial charge in [-0.05, 0) is 31.5 Å². The lowest BCUT2D eigenvalue weighted by atomic mass is 9.90. The van der Waals surface area contributed by atoms with Gasteiger partial charge in [0.05, 0.1) is 23.9 Å². The van der Waals surface area contributed by atoms with Crippen molar-refractivity contribution in [2.45, 2.75) is 51.2 Å². The smallest absolute Gasteiger partial charge is 0.410 e. The molecule has 0 bridgehead atoms. The maximum absolute atomic E-state index is 12.9. The van der Waals surface area contributed by atoms with Crippen molar-refractivity contribution in [1.82, 2.24) is 19.8 Å². The van der Waals surface area contributed by atoms with Crippen LogP contribution in [0.3, 0.4) is 0 Å². The fourth-order valence-electron chi connectivity index (χ4n) is 4.19. The van der Waals surface area contributed by atoms with E-state index < -0.39 is 5.60 Å². The maximum Gasteiger partial charge on any atom is 0.410 e. The number of hydrogen-bond donors (Lipinski definition) is 1. The van der Waals surface area contributed by atoms with Crippen LogP contribution in [0.4, 0.5) is 4.79 Å². The first-order valence-corrected chi connectivity index (χ1v) is 9.73. The zero-order valence-electron chi connectivity index (χ0n) is 15.9. The van der Waals surface area contributed by atoms with Gasteiger partial charge in [0.2, 0.25) is 0 Å². The molecule has 3 heterocycles. The van der Waals surface area contributed by atoms with Crippen molar-refractivity contribution in [2.75, 3.05) is 19.6 Å². The molecule has 2 fully saturated rings. The van der Waals surface area contributed by atoms with E-state index in [2.05, 4.69) is 23.8 Å². The van der Waals surface area contributed by atoms with Crippen LogP contribution in [-0.4, -0.2) is 63.0 Å². The molecule has 2 aromatic rings. The minimum Gasteiger partial charge on any atom is -0.441 e. The lowest BCUT2D eigenvalue weighted by Crippen LogP contribution is -2.49. The number of likely N-dealkylation sites (tertiary alicyclic amines) is 1. The SMILES string of the molecule is CCC[C@H](C)N1CC2(CCN(C(=O)c3ccc4nc[nH]c4c3)CC2)OC1=O. The number of H-pyrrole nitrogens is 1. The number of imidazole rings is 1. The number of ether oxygens (including phenoxy) is 1. The zero-order chi connectivity index (χ0) is 19.0. The van der Waals surface area contributed by atoms with Crippen LogP contribution < -0.4 is 0 Å². The highest BCUT2D eigenvalue weighted by molar-refractivity contribution is 5.97. The van der Waals surface area contributed by atoms with Crippen LogP contribution in [-0.2, 0) is 4.74 Å². The van der Waals surface area contributed by atoms with Crippen molar-refractivity contribution in [3.63, 3.8) is 0 Å². The minimum absolute atomic E-state index is 0.0156. The molecule has 4 rings (SSSR count). The predicted molar refractivity (Wildman–Crippen MR) is 102 cm³/mol. The number of aromatic amines is 1. The van der Waals surface area contributed by atoms with Crippen molar-refractivity contribution in [3.05, 3.63) is 30.1 Å². The van der Waals surface area contributed by atoms with Gasteiger partial charge in [-0.1, -0.05) is 13.3 Å². The summed E-state index contributed by atoms with van der Waals surface area (Å²) in [6, 6.07) is 5.72. The lowest BCUT2D eigenvalue weighted by molar-refractivity contribution is 0.00307. The first kappa shape index (κ1) is 17.8. The van der Waals surface area contributed by atoms with Crippen LogP contribution >= 0.6 is 0 Å². The molecule has 2 amide bonds. The number of piperidine rings is 1. The summed E-state index contributed by atoms with van der Waals surface area (Å²) in [5, 5.41) is 0. The highest BCUT2D eigenvalue weighted by Crippen LogP contribution is 2.35. The third-order valence-corrected chi connectivity index (χ3v) is 5.86. The molecule has 2 saturated heterocycles.